The molecule has 0 spiro atoms. The first kappa shape index (κ1) is 71.4. The third-order valence-electron chi connectivity index (χ3n) is 10.7. The van der Waals surface area contributed by atoms with Crippen LogP contribution in [0.1, 0.15) is 176 Å². The molecule has 0 heterocycles. The van der Waals surface area contributed by atoms with Gasteiger partial charge in [-0.05, 0) is 73.6 Å². The number of carboxylic acid groups (broad SMARTS) is 3. The van der Waals surface area contributed by atoms with E-state index in [0.29, 0.717) is 43.6 Å². The molecule has 22 nitrogen and oxygen atoms in total. The van der Waals surface area contributed by atoms with E-state index in [1.807, 2.05) is 34.9 Å². The molecule has 0 aliphatic carbocycles. The highest BCUT2D eigenvalue weighted by molar-refractivity contribution is 7.89. The number of ether oxygens (including phenoxy) is 4. The molecule has 0 fully saturated rings. The maximum absolute atomic E-state index is 13.0. The van der Waals surface area contributed by atoms with Crippen molar-refractivity contribution in [3.63, 3.8) is 0 Å². The van der Waals surface area contributed by atoms with Gasteiger partial charge < -0.3 is 54.2 Å². The molecule has 0 saturated carbocycles. The smallest absolute Gasteiger partial charge is 0.329 e. The molecule has 430 valence electrons. The van der Waals surface area contributed by atoms with Gasteiger partial charge in [0.15, 0.2) is 0 Å². The van der Waals surface area contributed by atoms with Crippen molar-refractivity contribution in [2.75, 3.05) is 84.8 Å². The molecule has 0 aromatic rings. The number of carbonyl (C=O) groups excluding carboxylic acids is 4. The Labute approximate surface area is 437 Å². The van der Waals surface area contributed by atoms with Crippen LogP contribution in [-0.4, -0.2) is 169 Å². The summed E-state index contributed by atoms with van der Waals surface area (Å²) in [7, 11) is -3.50. The van der Waals surface area contributed by atoms with Crippen LogP contribution in [0.25, 0.3) is 0 Å². The second kappa shape index (κ2) is 40.6. The molecule has 24 heteroatoms. The van der Waals surface area contributed by atoms with Crippen molar-refractivity contribution in [3.05, 3.63) is 0 Å². The average molecular weight is 1090 g/mol. The summed E-state index contributed by atoms with van der Waals surface area (Å²) in [6.07, 6.45) is 14.0. The van der Waals surface area contributed by atoms with Crippen LogP contribution in [0.2, 0.25) is 0 Å². The van der Waals surface area contributed by atoms with Crippen molar-refractivity contribution >= 4 is 55.9 Å². The predicted molar refractivity (Wildman–Crippen MR) is 276 cm³/mol. The molecule has 2 amide bonds. The molecule has 0 aliphatic rings. The minimum Gasteiger partial charge on any atom is -0.565 e. The van der Waals surface area contributed by atoms with Gasteiger partial charge in [-0.2, -0.15) is 0 Å². The molecule has 0 aliphatic heterocycles. The first-order chi connectivity index (χ1) is 33.9. The third kappa shape index (κ3) is 53.0. The minimum atomic E-state index is -3.73. The zero-order valence-electron chi connectivity index (χ0n) is 45.5. The van der Waals surface area contributed by atoms with Crippen LogP contribution in [0.3, 0.4) is 0 Å². The summed E-state index contributed by atoms with van der Waals surface area (Å²) in [6, 6.07) is -1.01. The van der Waals surface area contributed by atoms with Crippen molar-refractivity contribution in [1.82, 2.24) is 20.1 Å². The lowest BCUT2D eigenvalue weighted by Gasteiger charge is -2.29. The van der Waals surface area contributed by atoms with E-state index in [4.69, 9.17) is 39.1 Å². The number of sulfonamides is 2. The van der Waals surface area contributed by atoms with Gasteiger partial charge >= 0.3 is 17.9 Å². The summed E-state index contributed by atoms with van der Waals surface area (Å²) in [5.41, 5.74) is -1.21. The maximum atomic E-state index is 13.0. The predicted octanol–water partition coefficient (Wildman–Crippen LogP) is 4.38. The van der Waals surface area contributed by atoms with E-state index in [2.05, 4.69) is 20.1 Å². The SMILES string of the molecule is CC(C)(C)OC(=O)CCCCCCCCCCCCCCCCC(=O)N[C@@H](CCC(=O)NCCCS(=O)(=O)NCCCS(=O)(=O)NCC[N+](C)(C)CCOCCOCCC(=O)O)C(=O)OC(C)(C)C.O=C([O-])O. The lowest BCUT2D eigenvalue weighted by Crippen LogP contribution is -2.47. The van der Waals surface area contributed by atoms with E-state index < -0.39 is 61.3 Å². The fourth-order valence-corrected chi connectivity index (χ4v) is 9.05. The number of carbonyl (C=O) groups is 6. The Hall–Kier alpha value is -3.68. The van der Waals surface area contributed by atoms with E-state index in [-0.39, 0.29) is 94.8 Å². The molecule has 0 rings (SSSR count). The molecule has 73 heavy (non-hydrogen) atoms. The van der Waals surface area contributed by atoms with Crippen LogP contribution in [0.5, 0.6) is 0 Å². The number of nitrogens with zero attached hydrogens (tertiary/aromatic N) is 1. The maximum Gasteiger partial charge on any atom is 0.329 e. The third-order valence-corrected chi connectivity index (χ3v) is 13.6. The van der Waals surface area contributed by atoms with Gasteiger partial charge in [-0.25, -0.2) is 31.1 Å². The van der Waals surface area contributed by atoms with Gasteiger partial charge in [-0.1, -0.05) is 77.0 Å². The van der Waals surface area contributed by atoms with E-state index in [1.165, 1.54) is 44.9 Å². The molecular weight excluding hydrogens is 995 g/mol. The number of nitrogens with one attached hydrogen (secondary N) is 4. The highest BCUT2D eigenvalue weighted by Crippen LogP contribution is 2.16. The lowest BCUT2D eigenvalue weighted by atomic mass is 10.0. The second-order valence-corrected chi connectivity index (χ2v) is 24.6. The Bertz CT molecular complexity index is 1770. The molecule has 1 atom stereocenters. The molecule has 0 aromatic carbocycles. The lowest BCUT2D eigenvalue weighted by molar-refractivity contribution is -0.889. The van der Waals surface area contributed by atoms with E-state index in [9.17, 15) is 40.8 Å². The molecule has 6 N–H and O–H groups in total. The van der Waals surface area contributed by atoms with Crippen LogP contribution in [0.4, 0.5) is 4.79 Å². The summed E-state index contributed by atoms with van der Waals surface area (Å²) in [5, 5.41) is 29.3. The number of hydrogen-bond acceptors (Lipinski definition) is 15. The number of esters is 2. The second-order valence-electron chi connectivity index (χ2n) is 20.7. The van der Waals surface area contributed by atoms with E-state index >= 15 is 0 Å². The fraction of sp³-hybridized carbons (Fsp3) is 0.878. The summed E-state index contributed by atoms with van der Waals surface area (Å²) < 4.78 is 77.0. The highest BCUT2D eigenvalue weighted by Gasteiger charge is 2.27. The summed E-state index contributed by atoms with van der Waals surface area (Å²) >= 11 is 0. The molecule has 0 unspecified atom stereocenters. The number of amides is 2. The number of aliphatic carboxylic acids is 1. The Kier molecular flexibility index (Phi) is 39.7. The van der Waals surface area contributed by atoms with E-state index in [0.717, 1.165) is 38.5 Å². The molecule has 0 bridgehead atoms. The van der Waals surface area contributed by atoms with Crippen LogP contribution in [0.15, 0.2) is 0 Å². The first-order valence-electron chi connectivity index (χ1n) is 26.0. The molecular formula is C49H95N5O17S2. The Morgan fingerprint density at radius 2 is 0.973 bits per heavy atom. The van der Waals surface area contributed by atoms with Gasteiger partial charge in [-0.3, -0.25) is 19.2 Å². The zero-order valence-corrected chi connectivity index (χ0v) is 47.1. The van der Waals surface area contributed by atoms with Gasteiger partial charge in [0.2, 0.25) is 38.0 Å². The first-order valence-corrected chi connectivity index (χ1v) is 29.3. The Morgan fingerprint density at radius 3 is 1.45 bits per heavy atom. The van der Waals surface area contributed by atoms with Crippen LogP contribution < -0.4 is 25.2 Å². The van der Waals surface area contributed by atoms with Crippen molar-refractivity contribution in [1.29, 1.82) is 0 Å². The zero-order chi connectivity index (χ0) is 55.8. The Morgan fingerprint density at radius 1 is 0.534 bits per heavy atom. The average Bonchev–Trinajstić information content (AvgIpc) is 3.24. The van der Waals surface area contributed by atoms with Crippen molar-refractivity contribution in [2.45, 2.75) is 194 Å². The van der Waals surface area contributed by atoms with Gasteiger partial charge in [0.05, 0.1) is 71.5 Å². The number of hydrogen-bond donors (Lipinski definition) is 6. The van der Waals surface area contributed by atoms with Crippen molar-refractivity contribution < 1.29 is 84.4 Å². The van der Waals surface area contributed by atoms with Gasteiger partial charge in [0, 0.05) is 32.4 Å². The normalized spacial score (nSPS) is 12.5. The van der Waals surface area contributed by atoms with Crippen molar-refractivity contribution in [2.24, 2.45) is 0 Å². The molecule has 0 radical (unpaired) electrons. The standard InChI is InChI=1S/C48H93N5O14S2.CH2O3/c1-47(2,3)66-45(58)26-22-20-18-16-14-12-10-9-11-13-15-17-19-21-25-43(55)52-41(46(59)67-48(4,5)6)27-28-42(54)49-30-23-39-68(60,61)50-31-24-40-69(62,63)51-32-33-53(7,8)34-36-65-38-37-64-35-29-44(56)57;2-1(3)4/h41,50-51H,9-40H2,1-8H3,(H2-,49,52,54,55,56,57);(H2,2,3,4)/t41-;/m0./s1. The molecule has 0 aromatic heterocycles. The number of likely N-dealkylation sites (N-methyl/N-ethyl adjacent to an activating group) is 1. The summed E-state index contributed by atoms with van der Waals surface area (Å²) in [6.45, 7) is 13.3. The number of rotatable bonds is 44. The molecule has 0 saturated heterocycles. The monoisotopic (exact) mass is 1090 g/mol. The van der Waals surface area contributed by atoms with Crippen molar-refractivity contribution in [3.8, 4) is 0 Å². The van der Waals surface area contributed by atoms with Gasteiger partial charge in [0.25, 0.3) is 0 Å². The minimum absolute atomic E-state index is 0.0158. The van der Waals surface area contributed by atoms with Crippen LogP contribution in [-0.2, 0) is 63.0 Å². The summed E-state index contributed by atoms with van der Waals surface area (Å²) in [5.74, 6) is -2.90. The van der Waals surface area contributed by atoms with Gasteiger partial charge in [-0.15, -0.1) is 0 Å². The Balaban J connectivity index is 0. The van der Waals surface area contributed by atoms with E-state index in [1.54, 1.807) is 20.8 Å². The number of quaternary nitrogens is 1. The largest absolute Gasteiger partial charge is 0.565 e. The quantitative estimate of drug-likeness (QED) is 0.0280. The van der Waals surface area contributed by atoms with Crippen LogP contribution in [0, 0.1) is 0 Å². The number of unbranched alkanes of at least 4 members (excludes halogenated alkanes) is 13. The van der Waals surface area contributed by atoms with Crippen LogP contribution >= 0.6 is 0 Å². The van der Waals surface area contributed by atoms with Gasteiger partial charge in [0.1, 0.15) is 23.8 Å². The number of carboxylic acids is 1. The summed E-state index contributed by atoms with van der Waals surface area (Å²) in [4.78, 5) is 69.2. The fourth-order valence-electron chi connectivity index (χ4n) is 6.85. The highest BCUT2D eigenvalue weighted by atomic mass is 32.2. The topological polar surface area (TPSA) is 319 Å².